The van der Waals surface area contributed by atoms with Gasteiger partial charge in [-0.25, -0.2) is 4.98 Å². The Morgan fingerprint density at radius 3 is 2.15 bits per heavy atom. The van der Waals surface area contributed by atoms with Gasteiger partial charge in [0.15, 0.2) is 5.78 Å². The summed E-state index contributed by atoms with van der Waals surface area (Å²) in [5, 5.41) is 6.30. The number of aromatic nitrogens is 1. The molecular weight excluding hydrogens is 326 g/mol. The Morgan fingerprint density at radius 2 is 1.58 bits per heavy atom. The fraction of sp³-hybridized carbons (Fsp3) is 0.381. The molecule has 1 aliphatic carbocycles. The molecule has 2 aromatic rings. The first-order chi connectivity index (χ1) is 12.6. The van der Waals surface area contributed by atoms with Crippen molar-refractivity contribution in [1.29, 1.82) is 0 Å². The van der Waals surface area contributed by atoms with Crippen molar-refractivity contribution in [3.8, 4) is 0 Å². The molecule has 0 aliphatic heterocycles. The molecule has 26 heavy (non-hydrogen) atoms. The summed E-state index contributed by atoms with van der Waals surface area (Å²) in [5.41, 5.74) is 1.78. The van der Waals surface area contributed by atoms with Gasteiger partial charge in [-0.05, 0) is 56.2 Å². The number of pyridine rings is 1. The highest BCUT2D eigenvalue weighted by Crippen LogP contribution is 2.20. The Labute approximate surface area is 154 Å². The molecule has 0 radical (unpaired) electrons. The Kier molecular flexibility index (Phi) is 6.00. The minimum absolute atomic E-state index is 0.00355. The van der Waals surface area contributed by atoms with Crippen molar-refractivity contribution in [2.24, 2.45) is 0 Å². The average Bonchev–Trinajstić information content (AvgIpc) is 2.91. The number of anilines is 2. The summed E-state index contributed by atoms with van der Waals surface area (Å²) in [6, 6.07) is 11.0. The number of ketones is 1. The molecule has 5 nitrogen and oxygen atoms in total. The predicted molar refractivity (Wildman–Crippen MR) is 104 cm³/mol. The van der Waals surface area contributed by atoms with Gasteiger partial charge in [-0.3, -0.25) is 9.59 Å². The number of benzene rings is 1. The Bertz CT molecular complexity index is 746. The molecular formula is C21H25N3O2. The smallest absolute Gasteiger partial charge is 0.257 e. The van der Waals surface area contributed by atoms with Gasteiger partial charge >= 0.3 is 0 Å². The molecule has 0 bridgehead atoms. The molecule has 0 unspecified atom stereocenters. The number of nitrogens with zero attached hydrogens (tertiary/aromatic N) is 1. The van der Waals surface area contributed by atoms with E-state index in [2.05, 4.69) is 15.6 Å². The number of nitrogens with one attached hydrogen (secondary N) is 2. The zero-order chi connectivity index (χ0) is 18.4. The van der Waals surface area contributed by atoms with Gasteiger partial charge in [0.2, 0.25) is 0 Å². The molecule has 5 heteroatoms. The van der Waals surface area contributed by atoms with Crippen LogP contribution in [-0.2, 0) is 0 Å². The minimum atomic E-state index is -0.214. The molecule has 1 amide bonds. The first-order valence-electron chi connectivity index (χ1n) is 9.27. The molecule has 1 aliphatic rings. The molecule has 1 aromatic carbocycles. The molecule has 0 spiro atoms. The van der Waals surface area contributed by atoms with Crippen molar-refractivity contribution in [3.63, 3.8) is 0 Å². The fourth-order valence-corrected chi connectivity index (χ4v) is 3.24. The molecule has 2 N–H and O–H groups in total. The van der Waals surface area contributed by atoms with E-state index in [9.17, 15) is 9.59 Å². The van der Waals surface area contributed by atoms with Gasteiger partial charge in [0.1, 0.15) is 5.82 Å². The van der Waals surface area contributed by atoms with E-state index in [-0.39, 0.29) is 11.7 Å². The van der Waals surface area contributed by atoms with Gasteiger partial charge in [0, 0.05) is 23.5 Å². The Hall–Kier alpha value is -2.69. The maximum atomic E-state index is 12.3. The van der Waals surface area contributed by atoms with Crippen LogP contribution in [0.1, 0.15) is 66.2 Å². The van der Waals surface area contributed by atoms with Gasteiger partial charge in [-0.1, -0.05) is 25.7 Å². The number of carbonyl (C=O) groups is 2. The van der Waals surface area contributed by atoms with Crippen LogP contribution in [0.4, 0.5) is 11.5 Å². The molecule has 1 heterocycles. The van der Waals surface area contributed by atoms with Crippen LogP contribution in [-0.4, -0.2) is 22.7 Å². The van der Waals surface area contributed by atoms with E-state index in [0.29, 0.717) is 22.9 Å². The largest absolute Gasteiger partial charge is 0.367 e. The van der Waals surface area contributed by atoms with Crippen LogP contribution in [0.25, 0.3) is 0 Å². The van der Waals surface area contributed by atoms with Crippen molar-refractivity contribution in [2.75, 3.05) is 10.6 Å². The first-order valence-corrected chi connectivity index (χ1v) is 9.27. The van der Waals surface area contributed by atoms with Gasteiger partial charge in [-0.15, -0.1) is 0 Å². The number of carbonyl (C=O) groups excluding carboxylic acids is 2. The second kappa shape index (κ2) is 8.61. The maximum Gasteiger partial charge on any atom is 0.257 e. The summed E-state index contributed by atoms with van der Waals surface area (Å²) >= 11 is 0. The Balaban J connectivity index is 1.58. The zero-order valence-electron chi connectivity index (χ0n) is 15.1. The molecule has 136 valence electrons. The lowest BCUT2D eigenvalue weighted by atomic mass is 10.1. The summed E-state index contributed by atoms with van der Waals surface area (Å²) in [4.78, 5) is 28.0. The van der Waals surface area contributed by atoms with Crippen molar-refractivity contribution >= 4 is 23.2 Å². The highest BCUT2D eigenvalue weighted by molar-refractivity contribution is 6.04. The number of hydrogen-bond acceptors (Lipinski definition) is 4. The van der Waals surface area contributed by atoms with Gasteiger partial charge in [-0.2, -0.15) is 0 Å². The lowest BCUT2D eigenvalue weighted by Crippen LogP contribution is -2.19. The monoisotopic (exact) mass is 351 g/mol. The molecule has 0 saturated heterocycles. The van der Waals surface area contributed by atoms with Crippen LogP contribution in [0.15, 0.2) is 42.6 Å². The third-order valence-corrected chi connectivity index (χ3v) is 4.78. The van der Waals surface area contributed by atoms with E-state index in [4.69, 9.17) is 0 Å². The molecule has 3 rings (SSSR count). The van der Waals surface area contributed by atoms with E-state index in [1.54, 1.807) is 36.5 Å². The summed E-state index contributed by atoms with van der Waals surface area (Å²) < 4.78 is 0. The summed E-state index contributed by atoms with van der Waals surface area (Å²) in [5.74, 6) is 0.609. The van der Waals surface area contributed by atoms with E-state index in [1.807, 2.05) is 6.07 Å². The summed E-state index contributed by atoms with van der Waals surface area (Å²) in [6.45, 7) is 1.52. The Morgan fingerprint density at radius 1 is 0.923 bits per heavy atom. The predicted octanol–water partition coefficient (Wildman–Crippen LogP) is 4.67. The van der Waals surface area contributed by atoms with Gasteiger partial charge in [0.05, 0.1) is 5.56 Å². The highest BCUT2D eigenvalue weighted by Gasteiger charge is 2.13. The van der Waals surface area contributed by atoms with Crippen LogP contribution >= 0.6 is 0 Å². The van der Waals surface area contributed by atoms with Gasteiger partial charge < -0.3 is 10.6 Å². The number of hydrogen-bond donors (Lipinski definition) is 2. The van der Waals surface area contributed by atoms with Gasteiger partial charge in [0.25, 0.3) is 5.91 Å². The third kappa shape index (κ3) is 4.91. The number of Topliss-reactive ketones (excluding diaryl/α,β-unsaturated/α-hetero) is 1. The van der Waals surface area contributed by atoms with Crippen molar-refractivity contribution in [2.45, 2.75) is 51.5 Å². The normalized spacial score (nSPS) is 15.1. The SMILES string of the molecule is CC(=O)c1ccc(NC(=O)c2ccc(NC3CCCCCC3)nc2)cc1. The summed E-state index contributed by atoms with van der Waals surface area (Å²) in [7, 11) is 0. The first kappa shape index (κ1) is 18.1. The maximum absolute atomic E-state index is 12.3. The average molecular weight is 351 g/mol. The topological polar surface area (TPSA) is 71.1 Å². The van der Waals surface area contributed by atoms with E-state index in [0.717, 1.165) is 5.82 Å². The van der Waals surface area contributed by atoms with Crippen LogP contribution in [0.3, 0.4) is 0 Å². The molecule has 1 aromatic heterocycles. The third-order valence-electron chi connectivity index (χ3n) is 4.78. The molecule has 1 fully saturated rings. The second-order valence-corrected chi connectivity index (χ2v) is 6.85. The van der Waals surface area contributed by atoms with E-state index in [1.165, 1.54) is 45.4 Å². The zero-order valence-corrected chi connectivity index (χ0v) is 15.1. The quantitative estimate of drug-likeness (QED) is 0.606. The van der Waals surface area contributed by atoms with E-state index < -0.39 is 0 Å². The van der Waals surface area contributed by atoms with Crippen LogP contribution in [0.5, 0.6) is 0 Å². The van der Waals surface area contributed by atoms with Crippen molar-refractivity contribution in [1.82, 2.24) is 4.98 Å². The highest BCUT2D eigenvalue weighted by atomic mass is 16.1. The number of amides is 1. The molecule has 0 atom stereocenters. The lowest BCUT2D eigenvalue weighted by molar-refractivity contribution is 0.101. The minimum Gasteiger partial charge on any atom is -0.367 e. The van der Waals surface area contributed by atoms with E-state index >= 15 is 0 Å². The number of rotatable bonds is 5. The molecule has 1 saturated carbocycles. The standard InChI is InChI=1S/C21H25N3O2/c1-15(25)16-8-11-19(12-9-16)24-21(26)17-10-13-20(22-14-17)23-18-6-4-2-3-5-7-18/h8-14,18H,2-7H2,1H3,(H,22,23)(H,24,26). The van der Waals surface area contributed by atoms with Crippen molar-refractivity contribution in [3.05, 3.63) is 53.7 Å². The van der Waals surface area contributed by atoms with Crippen LogP contribution < -0.4 is 10.6 Å². The fourth-order valence-electron chi connectivity index (χ4n) is 3.24. The summed E-state index contributed by atoms with van der Waals surface area (Å²) in [6.07, 6.45) is 9.12. The van der Waals surface area contributed by atoms with Crippen LogP contribution in [0, 0.1) is 0 Å². The van der Waals surface area contributed by atoms with Crippen molar-refractivity contribution < 1.29 is 9.59 Å². The second-order valence-electron chi connectivity index (χ2n) is 6.85. The lowest BCUT2D eigenvalue weighted by Gasteiger charge is -2.16. The van der Waals surface area contributed by atoms with Crippen LogP contribution in [0.2, 0.25) is 0 Å².